The van der Waals surface area contributed by atoms with Crippen LogP contribution in [0.4, 0.5) is 24.5 Å². The monoisotopic (exact) mass is 516 g/mol. The Bertz CT molecular complexity index is 1370. The van der Waals surface area contributed by atoms with Crippen molar-refractivity contribution in [1.29, 1.82) is 0 Å². The maximum atomic E-state index is 13.1. The molecule has 1 aliphatic heterocycles. The van der Waals surface area contributed by atoms with Gasteiger partial charge in [0.05, 0.1) is 11.3 Å². The van der Waals surface area contributed by atoms with Crippen LogP contribution < -0.4 is 10.2 Å². The number of carbonyl (C=O) groups is 1. The van der Waals surface area contributed by atoms with Crippen LogP contribution in [0, 0.1) is 0 Å². The van der Waals surface area contributed by atoms with Crippen LogP contribution in [0.25, 0.3) is 11.1 Å². The fraction of sp³-hybridized carbons (Fsp3) is 0.200. The maximum Gasteiger partial charge on any atom is 0.416 e. The summed E-state index contributed by atoms with van der Waals surface area (Å²) in [6.07, 6.45) is -2.59. The lowest BCUT2D eigenvalue weighted by atomic mass is 9.98. The Morgan fingerprint density at radius 3 is 2.16 bits per heavy atom. The number of anilines is 2. The van der Waals surface area contributed by atoms with Crippen molar-refractivity contribution in [3.63, 3.8) is 0 Å². The Kier molecular flexibility index (Phi) is 7.42. The van der Waals surface area contributed by atoms with Crippen molar-refractivity contribution in [2.24, 2.45) is 0 Å². The van der Waals surface area contributed by atoms with Gasteiger partial charge >= 0.3 is 6.18 Å². The number of alkyl halides is 3. The molecular weight excluding hydrogens is 489 g/mol. The van der Waals surface area contributed by atoms with Gasteiger partial charge in [0.1, 0.15) is 0 Å². The fourth-order valence-corrected chi connectivity index (χ4v) is 4.61. The smallest absolute Gasteiger partial charge is 0.369 e. The van der Waals surface area contributed by atoms with Crippen molar-refractivity contribution in [2.75, 3.05) is 36.4 Å². The van der Waals surface area contributed by atoms with Gasteiger partial charge in [0.25, 0.3) is 5.91 Å². The van der Waals surface area contributed by atoms with Gasteiger partial charge in [-0.2, -0.15) is 13.2 Å². The van der Waals surface area contributed by atoms with Gasteiger partial charge in [-0.25, -0.2) is 0 Å². The highest BCUT2D eigenvalue weighted by Gasteiger charge is 2.30. The number of hydrogen-bond donors (Lipinski definition) is 1. The normalized spacial score (nSPS) is 14.3. The molecule has 0 aliphatic carbocycles. The second kappa shape index (κ2) is 11.1. The highest BCUT2D eigenvalue weighted by molar-refractivity contribution is 6.08. The standard InChI is InChI=1S/C30H27F3N4O/c31-30(32,33)23-10-8-22(9-11-23)27-6-1-2-7-28(27)29(38)35-24-12-14-26(15-13-24)37-19-17-36(18-20-37)21-25-5-3-4-16-34-25/h1-16H,17-21H2,(H,35,38). The Labute approximate surface area is 219 Å². The zero-order chi connectivity index (χ0) is 26.5. The maximum absolute atomic E-state index is 13.1. The van der Waals surface area contributed by atoms with Gasteiger partial charge < -0.3 is 10.2 Å². The Balaban J connectivity index is 1.21. The number of piperazine rings is 1. The lowest BCUT2D eigenvalue weighted by Gasteiger charge is -2.36. The van der Waals surface area contributed by atoms with Gasteiger partial charge in [-0.05, 0) is 65.7 Å². The Morgan fingerprint density at radius 2 is 1.50 bits per heavy atom. The van der Waals surface area contributed by atoms with Crippen molar-refractivity contribution in [3.05, 3.63) is 114 Å². The number of carbonyl (C=O) groups excluding carboxylic acids is 1. The van der Waals surface area contributed by atoms with Crippen LogP contribution in [0.5, 0.6) is 0 Å². The average Bonchev–Trinajstić information content (AvgIpc) is 2.94. The van der Waals surface area contributed by atoms with Crippen LogP contribution in [-0.4, -0.2) is 42.0 Å². The third kappa shape index (κ3) is 6.03. The lowest BCUT2D eigenvalue weighted by molar-refractivity contribution is -0.137. The van der Waals surface area contributed by atoms with Crippen LogP contribution in [0.2, 0.25) is 0 Å². The summed E-state index contributed by atoms with van der Waals surface area (Å²) in [6.45, 7) is 4.53. The molecule has 38 heavy (non-hydrogen) atoms. The van der Waals surface area contributed by atoms with Crippen LogP contribution in [-0.2, 0) is 12.7 Å². The fourth-order valence-electron chi connectivity index (χ4n) is 4.61. The molecule has 0 spiro atoms. The first kappa shape index (κ1) is 25.5. The number of rotatable bonds is 6. The summed E-state index contributed by atoms with van der Waals surface area (Å²) in [5.41, 5.74) is 3.58. The molecule has 0 saturated carbocycles. The number of nitrogens with zero attached hydrogens (tertiary/aromatic N) is 3. The highest BCUT2D eigenvalue weighted by Crippen LogP contribution is 2.32. The van der Waals surface area contributed by atoms with E-state index in [9.17, 15) is 18.0 Å². The van der Waals surface area contributed by atoms with Crippen LogP contribution in [0.1, 0.15) is 21.6 Å². The predicted molar refractivity (Wildman–Crippen MR) is 143 cm³/mol. The van der Waals surface area contributed by atoms with Gasteiger partial charge in [0.15, 0.2) is 0 Å². The first-order chi connectivity index (χ1) is 18.4. The van der Waals surface area contributed by atoms with E-state index in [0.29, 0.717) is 22.4 Å². The van der Waals surface area contributed by atoms with Crippen LogP contribution >= 0.6 is 0 Å². The largest absolute Gasteiger partial charge is 0.416 e. The minimum Gasteiger partial charge on any atom is -0.369 e. The summed E-state index contributed by atoms with van der Waals surface area (Å²) in [5.74, 6) is -0.323. The third-order valence-corrected chi connectivity index (χ3v) is 6.67. The van der Waals surface area contributed by atoms with Gasteiger partial charge in [-0.1, -0.05) is 36.4 Å². The molecule has 1 amide bonds. The third-order valence-electron chi connectivity index (χ3n) is 6.67. The molecule has 1 aromatic heterocycles. The topological polar surface area (TPSA) is 48.5 Å². The van der Waals surface area contributed by atoms with Crippen molar-refractivity contribution in [1.82, 2.24) is 9.88 Å². The van der Waals surface area contributed by atoms with Crippen LogP contribution in [0.3, 0.4) is 0 Å². The number of nitrogens with one attached hydrogen (secondary N) is 1. The molecule has 1 N–H and O–H groups in total. The van der Waals surface area contributed by atoms with E-state index in [4.69, 9.17) is 0 Å². The van der Waals surface area contributed by atoms with Crippen molar-refractivity contribution in [3.8, 4) is 11.1 Å². The molecule has 1 fully saturated rings. The number of hydrogen-bond acceptors (Lipinski definition) is 4. The minimum absolute atomic E-state index is 0.323. The minimum atomic E-state index is -4.41. The van der Waals surface area contributed by atoms with E-state index in [-0.39, 0.29) is 5.91 Å². The Hall–Kier alpha value is -4.17. The number of pyridine rings is 1. The van der Waals surface area contributed by atoms with E-state index in [1.165, 1.54) is 12.1 Å². The summed E-state index contributed by atoms with van der Waals surface area (Å²) < 4.78 is 38.8. The molecule has 5 nitrogen and oxygen atoms in total. The predicted octanol–water partition coefficient (Wildman–Crippen LogP) is 6.34. The van der Waals surface area contributed by atoms with Crippen molar-refractivity contribution < 1.29 is 18.0 Å². The zero-order valence-electron chi connectivity index (χ0n) is 20.7. The molecule has 0 unspecified atom stereocenters. The Morgan fingerprint density at radius 1 is 0.816 bits per heavy atom. The molecule has 0 radical (unpaired) electrons. The molecule has 5 rings (SSSR count). The van der Waals surface area contributed by atoms with E-state index < -0.39 is 11.7 Å². The molecule has 4 aromatic rings. The van der Waals surface area contributed by atoms with E-state index in [1.807, 2.05) is 48.7 Å². The zero-order valence-corrected chi connectivity index (χ0v) is 20.7. The van der Waals surface area contributed by atoms with Gasteiger partial charge in [0, 0.05) is 55.9 Å². The van der Waals surface area contributed by atoms with Gasteiger partial charge in [-0.3, -0.25) is 14.7 Å². The summed E-state index contributed by atoms with van der Waals surface area (Å²) >= 11 is 0. The lowest BCUT2D eigenvalue weighted by Crippen LogP contribution is -2.46. The molecule has 1 saturated heterocycles. The quantitative estimate of drug-likeness (QED) is 0.325. The molecular formula is C30H27F3N4O. The second-order valence-corrected chi connectivity index (χ2v) is 9.21. The number of benzene rings is 3. The summed E-state index contributed by atoms with van der Waals surface area (Å²) in [5, 5.41) is 2.92. The van der Waals surface area contributed by atoms with Gasteiger partial charge in [0.2, 0.25) is 0 Å². The van der Waals surface area contributed by atoms with E-state index in [0.717, 1.165) is 56.2 Å². The van der Waals surface area contributed by atoms with E-state index in [2.05, 4.69) is 20.1 Å². The van der Waals surface area contributed by atoms with Gasteiger partial charge in [-0.15, -0.1) is 0 Å². The van der Waals surface area contributed by atoms with E-state index in [1.54, 1.807) is 24.3 Å². The summed E-state index contributed by atoms with van der Waals surface area (Å²) in [4.78, 5) is 22.2. The number of aromatic nitrogens is 1. The van der Waals surface area contributed by atoms with Crippen molar-refractivity contribution in [2.45, 2.75) is 12.7 Å². The number of halogens is 3. The molecule has 0 atom stereocenters. The molecule has 3 aromatic carbocycles. The molecule has 194 valence electrons. The number of amides is 1. The van der Waals surface area contributed by atoms with Crippen LogP contribution in [0.15, 0.2) is 97.2 Å². The van der Waals surface area contributed by atoms with E-state index >= 15 is 0 Å². The second-order valence-electron chi connectivity index (χ2n) is 9.21. The highest BCUT2D eigenvalue weighted by atomic mass is 19.4. The molecule has 1 aliphatic rings. The first-order valence-electron chi connectivity index (χ1n) is 12.4. The SMILES string of the molecule is O=C(Nc1ccc(N2CCN(Cc3ccccn3)CC2)cc1)c1ccccc1-c1ccc(C(F)(F)F)cc1. The summed E-state index contributed by atoms with van der Waals surface area (Å²) in [6, 6.07) is 25.4. The molecule has 8 heteroatoms. The van der Waals surface area contributed by atoms with Crippen molar-refractivity contribution >= 4 is 17.3 Å². The summed E-state index contributed by atoms with van der Waals surface area (Å²) in [7, 11) is 0. The molecule has 2 heterocycles. The first-order valence-corrected chi connectivity index (χ1v) is 12.4. The molecule has 0 bridgehead atoms. The average molecular weight is 517 g/mol.